The Morgan fingerprint density at radius 2 is 1.88 bits per heavy atom. The number of hydrogen-bond acceptors (Lipinski definition) is 4. The normalized spacial score (nSPS) is 16.1. The summed E-state index contributed by atoms with van der Waals surface area (Å²) < 4.78 is 0. The molecular weight excluding hydrogens is 344 g/mol. The molecule has 0 bridgehead atoms. The maximum Gasteiger partial charge on any atom is 0.194 e. The molecule has 0 unspecified atom stereocenters. The van der Waals surface area contributed by atoms with Gasteiger partial charge in [0, 0.05) is 44.1 Å². The van der Waals surface area contributed by atoms with Gasteiger partial charge in [0.25, 0.3) is 0 Å². The zero-order valence-corrected chi connectivity index (χ0v) is 16.2. The average Bonchev–Trinajstić information content (AvgIpc) is 3.19. The van der Waals surface area contributed by atoms with E-state index in [2.05, 4.69) is 39.6 Å². The van der Waals surface area contributed by atoms with Crippen LogP contribution in [0.4, 0.5) is 0 Å². The quantitative estimate of drug-likeness (QED) is 0.604. The van der Waals surface area contributed by atoms with Gasteiger partial charge in [0.1, 0.15) is 0 Å². The first-order chi connectivity index (χ1) is 12.8. The molecule has 0 saturated carbocycles. The maximum atomic E-state index is 9.49. The van der Waals surface area contributed by atoms with E-state index in [1.807, 2.05) is 35.6 Å². The predicted octanol–water partition coefficient (Wildman–Crippen LogP) is 2.52. The monoisotopic (exact) mass is 372 g/mol. The number of benzene rings is 1. The largest absolute Gasteiger partial charge is 0.392 e. The molecule has 2 heterocycles. The molecule has 2 aromatic rings. The van der Waals surface area contributed by atoms with Crippen molar-refractivity contribution >= 4 is 17.3 Å². The van der Waals surface area contributed by atoms with Crippen molar-refractivity contribution in [3.8, 4) is 0 Å². The number of guanidine groups is 1. The van der Waals surface area contributed by atoms with Crippen molar-refractivity contribution in [1.29, 1.82) is 0 Å². The Bertz CT molecular complexity index is 694. The van der Waals surface area contributed by atoms with E-state index in [0.29, 0.717) is 6.54 Å². The Labute approximate surface area is 160 Å². The van der Waals surface area contributed by atoms with Crippen molar-refractivity contribution in [2.24, 2.45) is 4.99 Å². The van der Waals surface area contributed by atoms with Gasteiger partial charge < -0.3 is 15.3 Å². The first-order valence-electron chi connectivity index (χ1n) is 9.25. The van der Waals surface area contributed by atoms with Crippen LogP contribution in [-0.4, -0.2) is 53.6 Å². The number of nitrogens with one attached hydrogen (secondary N) is 1. The third-order valence-corrected chi connectivity index (χ3v) is 5.52. The standard InChI is InChI=1S/C20H28N4OS/c1-2-21-20(22-14-17-6-3-4-7-18(17)16-25)24-11-9-23(10-12-24)15-19-8-5-13-26-19/h3-8,13,25H,2,9-12,14-16H2,1H3,(H,21,22). The SMILES string of the molecule is CCNC(=NCc1ccccc1CO)N1CCN(Cc2cccs2)CC1. The molecule has 0 atom stereocenters. The maximum absolute atomic E-state index is 9.49. The molecule has 0 radical (unpaired) electrons. The van der Waals surface area contributed by atoms with E-state index in [4.69, 9.17) is 4.99 Å². The summed E-state index contributed by atoms with van der Waals surface area (Å²) in [5.74, 6) is 0.969. The summed E-state index contributed by atoms with van der Waals surface area (Å²) in [5.41, 5.74) is 2.04. The first-order valence-corrected chi connectivity index (χ1v) is 10.1. The molecule has 1 aromatic heterocycles. The molecular formula is C20H28N4OS. The summed E-state index contributed by atoms with van der Waals surface area (Å²) >= 11 is 1.83. The van der Waals surface area contributed by atoms with Crippen molar-refractivity contribution < 1.29 is 5.11 Å². The lowest BCUT2D eigenvalue weighted by Crippen LogP contribution is -2.52. The molecule has 2 N–H and O–H groups in total. The number of aliphatic imine (C=N–C) groups is 1. The Morgan fingerprint density at radius 1 is 1.12 bits per heavy atom. The molecule has 3 rings (SSSR count). The van der Waals surface area contributed by atoms with Gasteiger partial charge in [0.2, 0.25) is 0 Å². The van der Waals surface area contributed by atoms with E-state index in [1.165, 1.54) is 4.88 Å². The zero-order valence-electron chi connectivity index (χ0n) is 15.4. The van der Waals surface area contributed by atoms with Gasteiger partial charge in [-0.1, -0.05) is 30.3 Å². The molecule has 1 aliphatic heterocycles. The number of hydrogen-bond donors (Lipinski definition) is 2. The summed E-state index contributed by atoms with van der Waals surface area (Å²) in [5, 5.41) is 15.1. The van der Waals surface area contributed by atoms with Crippen LogP contribution in [0, 0.1) is 0 Å². The number of piperazine rings is 1. The molecule has 0 amide bonds. The highest BCUT2D eigenvalue weighted by atomic mass is 32.1. The van der Waals surface area contributed by atoms with Crippen molar-refractivity contribution in [3.63, 3.8) is 0 Å². The fourth-order valence-electron chi connectivity index (χ4n) is 3.19. The Morgan fingerprint density at radius 3 is 2.54 bits per heavy atom. The minimum Gasteiger partial charge on any atom is -0.392 e. The molecule has 6 heteroatoms. The van der Waals surface area contributed by atoms with Crippen LogP contribution in [0.1, 0.15) is 22.9 Å². The topological polar surface area (TPSA) is 51.1 Å². The van der Waals surface area contributed by atoms with E-state index in [1.54, 1.807) is 0 Å². The Balaban J connectivity index is 1.59. The Kier molecular flexibility index (Phi) is 7.05. The van der Waals surface area contributed by atoms with Gasteiger partial charge in [0.15, 0.2) is 5.96 Å². The van der Waals surface area contributed by atoms with Gasteiger partial charge in [-0.2, -0.15) is 0 Å². The van der Waals surface area contributed by atoms with E-state index in [0.717, 1.165) is 56.4 Å². The van der Waals surface area contributed by atoms with Crippen LogP contribution in [-0.2, 0) is 19.7 Å². The van der Waals surface area contributed by atoms with Gasteiger partial charge in [-0.15, -0.1) is 11.3 Å². The highest BCUT2D eigenvalue weighted by Crippen LogP contribution is 2.14. The summed E-state index contributed by atoms with van der Waals surface area (Å²) in [6.45, 7) is 8.73. The fraction of sp³-hybridized carbons (Fsp3) is 0.450. The minimum atomic E-state index is 0.0592. The summed E-state index contributed by atoms with van der Waals surface area (Å²) in [6, 6.07) is 12.3. The Hall–Kier alpha value is -1.89. The molecule has 0 aliphatic carbocycles. The smallest absolute Gasteiger partial charge is 0.194 e. The summed E-state index contributed by atoms with van der Waals surface area (Å²) in [6.07, 6.45) is 0. The van der Waals surface area contributed by atoms with Crippen LogP contribution in [0.25, 0.3) is 0 Å². The van der Waals surface area contributed by atoms with Gasteiger partial charge in [-0.05, 0) is 29.5 Å². The molecule has 1 aliphatic rings. The van der Waals surface area contributed by atoms with Crippen LogP contribution < -0.4 is 5.32 Å². The highest BCUT2D eigenvalue weighted by Gasteiger charge is 2.19. The number of nitrogens with zero attached hydrogens (tertiary/aromatic N) is 3. The van der Waals surface area contributed by atoms with Gasteiger partial charge >= 0.3 is 0 Å². The molecule has 1 fully saturated rings. The van der Waals surface area contributed by atoms with Crippen LogP contribution in [0.3, 0.4) is 0 Å². The zero-order chi connectivity index (χ0) is 18.2. The lowest BCUT2D eigenvalue weighted by atomic mass is 10.1. The molecule has 5 nitrogen and oxygen atoms in total. The van der Waals surface area contributed by atoms with Gasteiger partial charge in [-0.25, -0.2) is 4.99 Å². The van der Waals surface area contributed by atoms with Gasteiger partial charge in [-0.3, -0.25) is 4.90 Å². The fourth-order valence-corrected chi connectivity index (χ4v) is 3.94. The molecule has 26 heavy (non-hydrogen) atoms. The number of aliphatic hydroxyl groups excluding tert-OH is 1. The molecule has 140 valence electrons. The second kappa shape index (κ2) is 9.71. The molecule has 0 spiro atoms. The second-order valence-electron chi connectivity index (χ2n) is 6.44. The predicted molar refractivity (Wildman–Crippen MR) is 108 cm³/mol. The van der Waals surface area contributed by atoms with Crippen molar-refractivity contribution in [3.05, 3.63) is 57.8 Å². The third kappa shape index (κ3) is 5.06. The lowest BCUT2D eigenvalue weighted by Gasteiger charge is -2.36. The summed E-state index contributed by atoms with van der Waals surface area (Å²) in [4.78, 5) is 11.1. The number of rotatable bonds is 6. The van der Waals surface area contributed by atoms with Crippen molar-refractivity contribution in [2.75, 3.05) is 32.7 Å². The van der Waals surface area contributed by atoms with E-state index in [9.17, 15) is 5.11 Å². The lowest BCUT2D eigenvalue weighted by molar-refractivity contribution is 0.173. The summed E-state index contributed by atoms with van der Waals surface area (Å²) in [7, 11) is 0. The van der Waals surface area contributed by atoms with Crippen LogP contribution in [0.15, 0.2) is 46.8 Å². The van der Waals surface area contributed by atoms with E-state index < -0.39 is 0 Å². The number of aliphatic hydroxyl groups is 1. The average molecular weight is 373 g/mol. The van der Waals surface area contributed by atoms with Gasteiger partial charge in [0.05, 0.1) is 13.2 Å². The molecule has 1 saturated heterocycles. The highest BCUT2D eigenvalue weighted by molar-refractivity contribution is 7.09. The van der Waals surface area contributed by atoms with Crippen molar-refractivity contribution in [1.82, 2.24) is 15.1 Å². The van der Waals surface area contributed by atoms with E-state index in [-0.39, 0.29) is 6.61 Å². The first kappa shape index (κ1) is 18.9. The van der Waals surface area contributed by atoms with Crippen LogP contribution >= 0.6 is 11.3 Å². The number of thiophene rings is 1. The van der Waals surface area contributed by atoms with Crippen LogP contribution in [0.5, 0.6) is 0 Å². The molecule has 1 aromatic carbocycles. The van der Waals surface area contributed by atoms with E-state index >= 15 is 0 Å². The third-order valence-electron chi connectivity index (χ3n) is 4.65. The van der Waals surface area contributed by atoms with Crippen molar-refractivity contribution in [2.45, 2.75) is 26.6 Å². The minimum absolute atomic E-state index is 0.0592. The second-order valence-corrected chi connectivity index (χ2v) is 7.47. The van der Waals surface area contributed by atoms with Crippen LogP contribution in [0.2, 0.25) is 0 Å².